The number of hydrogen-bond donors (Lipinski definition) is 4. The van der Waals surface area contributed by atoms with Crippen molar-refractivity contribution in [2.24, 2.45) is 5.92 Å². The van der Waals surface area contributed by atoms with E-state index >= 15 is 0 Å². The number of phenolic OH excluding ortho intramolecular Hbond substituents is 1. The number of rotatable bonds is 6. The van der Waals surface area contributed by atoms with Gasteiger partial charge in [0, 0.05) is 5.54 Å². The van der Waals surface area contributed by atoms with Gasteiger partial charge in [-0.25, -0.2) is 4.79 Å². The second kappa shape index (κ2) is 7.49. The maximum absolute atomic E-state index is 12.1. The first-order chi connectivity index (χ1) is 10.1. The summed E-state index contributed by atoms with van der Waals surface area (Å²) >= 11 is 0. The molecule has 2 amide bonds. The number of carbonyl (C=O) groups excluding carboxylic acids is 1. The molecule has 124 valence electrons. The largest absolute Gasteiger partial charge is 0.508 e. The van der Waals surface area contributed by atoms with E-state index in [0.717, 1.165) is 6.42 Å². The first kappa shape index (κ1) is 18.3. The Kier molecular flexibility index (Phi) is 6.23. The SMILES string of the molecule is CC(C)CC(C)(C)NC(=O)N[C@H](C)[C@@H](O)c1ccc(O)cc1. The van der Waals surface area contributed by atoms with E-state index in [2.05, 4.69) is 24.5 Å². The van der Waals surface area contributed by atoms with Gasteiger partial charge in [0.1, 0.15) is 5.75 Å². The minimum atomic E-state index is -0.834. The van der Waals surface area contributed by atoms with Crippen molar-refractivity contribution in [2.45, 2.75) is 58.7 Å². The maximum Gasteiger partial charge on any atom is 0.315 e. The molecule has 0 aliphatic carbocycles. The van der Waals surface area contributed by atoms with Crippen molar-refractivity contribution < 1.29 is 15.0 Å². The summed E-state index contributed by atoms with van der Waals surface area (Å²) in [5.74, 6) is 0.625. The van der Waals surface area contributed by atoms with Crippen LogP contribution in [0.15, 0.2) is 24.3 Å². The van der Waals surface area contributed by atoms with E-state index in [1.54, 1.807) is 19.1 Å². The van der Waals surface area contributed by atoms with E-state index in [4.69, 9.17) is 0 Å². The third-order valence-electron chi connectivity index (χ3n) is 3.44. The Bertz CT molecular complexity index is 483. The normalized spacial score (nSPS) is 14.5. The Balaban J connectivity index is 2.58. The van der Waals surface area contributed by atoms with E-state index in [-0.39, 0.29) is 17.3 Å². The second-order valence-corrected chi connectivity index (χ2v) is 6.91. The van der Waals surface area contributed by atoms with Gasteiger partial charge in [0.2, 0.25) is 0 Å². The van der Waals surface area contributed by atoms with Gasteiger partial charge in [-0.05, 0) is 50.8 Å². The summed E-state index contributed by atoms with van der Waals surface area (Å²) in [5, 5.41) is 25.2. The molecular formula is C17H28N2O3. The molecule has 0 unspecified atom stereocenters. The molecule has 5 nitrogen and oxygen atoms in total. The lowest BCUT2D eigenvalue weighted by Crippen LogP contribution is -2.51. The van der Waals surface area contributed by atoms with Crippen molar-refractivity contribution in [1.29, 1.82) is 0 Å². The molecule has 0 aromatic heterocycles. The third-order valence-corrected chi connectivity index (χ3v) is 3.44. The molecule has 0 aliphatic rings. The van der Waals surface area contributed by atoms with E-state index in [9.17, 15) is 15.0 Å². The van der Waals surface area contributed by atoms with Crippen LogP contribution >= 0.6 is 0 Å². The summed E-state index contributed by atoms with van der Waals surface area (Å²) in [4.78, 5) is 12.1. The molecule has 5 heteroatoms. The first-order valence-electron chi connectivity index (χ1n) is 7.66. The van der Waals surface area contributed by atoms with Gasteiger partial charge in [-0.1, -0.05) is 26.0 Å². The number of phenols is 1. The zero-order chi connectivity index (χ0) is 16.9. The fraction of sp³-hybridized carbons (Fsp3) is 0.588. The quantitative estimate of drug-likeness (QED) is 0.652. The maximum atomic E-state index is 12.1. The second-order valence-electron chi connectivity index (χ2n) is 6.91. The summed E-state index contributed by atoms with van der Waals surface area (Å²) in [5.41, 5.74) is 0.341. The van der Waals surface area contributed by atoms with Gasteiger partial charge in [0.15, 0.2) is 0 Å². The molecule has 2 atom stereocenters. The van der Waals surface area contributed by atoms with Crippen LogP contribution in [0.2, 0.25) is 0 Å². The van der Waals surface area contributed by atoms with Crippen molar-refractivity contribution in [1.82, 2.24) is 10.6 Å². The van der Waals surface area contributed by atoms with Crippen molar-refractivity contribution in [3.05, 3.63) is 29.8 Å². The highest BCUT2D eigenvalue weighted by atomic mass is 16.3. The number of aromatic hydroxyl groups is 1. The van der Waals surface area contributed by atoms with E-state index in [1.807, 2.05) is 13.8 Å². The van der Waals surface area contributed by atoms with E-state index in [0.29, 0.717) is 11.5 Å². The molecule has 0 aliphatic heterocycles. The predicted molar refractivity (Wildman–Crippen MR) is 87.7 cm³/mol. The molecule has 0 saturated carbocycles. The Morgan fingerprint density at radius 3 is 2.23 bits per heavy atom. The monoisotopic (exact) mass is 308 g/mol. The van der Waals surface area contributed by atoms with Crippen molar-refractivity contribution in [3.63, 3.8) is 0 Å². The number of benzene rings is 1. The Morgan fingerprint density at radius 1 is 1.18 bits per heavy atom. The number of amides is 2. The number of aliphatic hydroxyl groups excluding tert-OH is 1. The highest BCUT2D eigenvalue weighted by molar-refractivity contribution is 5.75. The van der Waals surface area contributed by atoms with Crippen LogP contribution in [0, 0.1) is 5.92 Å². The lowest BCUT2D eigenvalue weighted by molar-refractivity contribution is 0.135. The van der Waals surface area contributed by atoms with Gasteiger partial charge in [-0.3, -0.25) is 0 Å². The highest BCUT2D eigenvalue weighted by Crippen LogP contribution is 2.20. The number of urea groups is 1. The smallest absolute Gasteiger partial charge is 0.315 e. The number of aliphatic hydroxyl groups is 1. The van der Waals surface area contributed by atoms with Crippen molar-refractivity contribution in [3.8, 4) is 5.75 Å². The van der Waals surface area contributed by atoms with Crippen LogP contribution in [-0.4, -0.2) is 27.8 Å². The zero-order valence-electron chi connectivity index (χ0n) is 14.1. The molecule has 1 aromatic carbocycles. The average Bonchev–Trinajstić information content (AvgIpc) is 2.36. The fourth-order valence-electron chi connectivity index (χ4n) is 2.66. The number of nitrogens with one attached hydrogen (secondary N) is 2. The van der Waals surface area contributed by atoms with E-state index in [1.165, 1.54) is 12.1 Å². The number of carbonyl (C=O) groups is 1. The molecule has 0 radical (unpaired) electrons. The molecule has 0 saturated heterocycles. The summed E-state index contributed by atoms with van der Waals surface area (Å²) < 4.78 is 0. The zero-order valence-corrected chi connectivity index (χ0v) is 14.1. The van der Waals surface area contributed by atoms with Gasteiger partial charge >= 0.3 is 6.03 Å². The molecule has 22 heavy (non-hydrogen) atoms. The molecular weight excluding hydrogens is 280 g/mol. The minimum Gasteiger partial charge on any atom is -0.508 e. The van der Waals surface area contributed by atoms with Gasteiger partial charge in [0.25, 0.3) is 0 Å². The number of hydrogen-bond acceptors (Lipinski definition) is 3. The van der Waals surface area contributed by atoms with Crippen LogP contribution in [0.25, 0.3) is 0 Å². The topological polar surface area (TPSA) is 81.6 Å². The Labute approximate surface area is 132 Å². The lowest BCUT2D eigenvalue weighted by atomic mass is 9.93. The Morgan fingerprint density at radius 2 is 1.73 bits per heavy atom. The fourth-order valence-corrected chi connectivity index (χ4v) is 2.66. The molecule has 0 spiro atoms. The highest BCUT2D eigenvalue weighted by Gasteiger charge is 2.24. The van der Waals surface area contributed by atoms with Crippen LogP contribution in [0.5, 0.6) is 5.75 Å². The van der Waals surface area contributed by atoms with Crippen molar-refractivity contribution >= 4 is 6.03 Å². The lowest BCUT2D eigenvalue weighted by Gasteiger charge is -2.30. The van der Waals surface area contributed by atoms with Gasteiger partial charge < -0.3 is 20.8 Å². The average molecular weight is 308 g/mol. The molecule has 0 heterocycles. The van der Waals surface area contributed by atoms with Crippen LogP contribution in [0.1, 0.15) is 52.7 Å². The summed E-state index contributed by atoms with van der Waals surface area (Å²) in [7, 11) is 0. The molecule has 4 N–H and O–H groups in total. The Hall–Kier alpha value is -1.75. The predicted octanol–water partition coefficient (Wildman–Crippen LogP) is 2.94. The minimum absolute atomic E-state index is 0.143. The molecule has 0 bridgehead atoms. The van der Waals surface area contributed by atoms with Crippen LogP contribution in [0.3, 0.4) is 0 Å². The van der Waals surface area contributed by atoms with Crippen LogP contribution in [-0.2, 0) is 0 Å². The van der Waals surface area contributed by atoms with Crippen molar-refractivity contribution in [2.75, 3.05) is 0 Å². The first-order valence-corrected chi connectivity index (χ1v) is 7.66. The van der Waals surface area contributed by atoms with Gasteiger partial charge in [0.05, 0.1) is 12.1 Å². The van der Waals surface area contributed by atoms with E-state index < -0.39 is 12.1 Å². The summed E-state index contributed by atoms with van der Waals surface area (Å²) in [6.45, 7) is 9.92. The van der Waals surface area contributed by atoms with Crippen LogP contribution < -0.4 is 10.6 Å². The molecule has 1 rings (SSSR count). The summed E-state index contributed by atoms with van der Waals surface area (Å²) in [6, 6.07) is 5.56. The van der Waals surface area contributed by atoms with Crippen LogP contribution in [0.4, 0.5) is 4.79 Å². The van der Waals surface area contributed by atoms with Gasteiger partial charge in [-0.15, -0.1) is 0 Å². The standard InChI is InChI=1S/C17H28N2O3/c1-11(2)10-17(4,5)19-16(22)18-12(3)15(21)13-6-8-14(20)9-7-13/h6-9,11-12,15,20-21H,10H2,1-5H3,(H2,18,19,22)/t12-,15-/m1/s1. The molecule has 0 fully saturated rings. The van der Waals surface area contributed by atoms with Gasteiger partial charge in [-0.2, -0.15) is 0 Å². The molecule has 1 aromatic rings. The third kappa shape index (κ3) is 5.93. The summed E-state index contributed by atoms with van der Waals surface area (Å²) in [6.07, 6.45) is 0.0366.